The maximum Gasteiger partial charge on any atom is 0.236 e. The van der Waals surface area contributed by atoms with E-state index in [4.69, 9.17) is 11.6 Å². The summed E-state index contributed by atoms with van der Waals surface area (Å²) in [6, 6.07) is 7.12. The van der Waals surface area contributed by atoms with Crippen LogP contribution in [0.25, 0.3) is 5.69 Å². The molecule has 1 amide bonds. The molecule has 0 aliphatic rings. The number of benzene rings is 1. The van der Waals surface area contributed by atoms with E-state index in [1.807, 2.05) is 0 Å². The highest BCUT2D eigenvalue weighted by molar-refractivity contribution is 7.99. The van der Waals surface area contributed by atoms with E-state index in [0.717, 1.165) is 23.5 Å². The number of nitrogens with one attached hydrogen (secondary N) is 1. The maximum atomic E-state index is 12.1. The molecule has 0 unspecified atom stereocenters. The Labute approximate surface area is 157 Å². The Morgan fingerprint density at radius 3 is 2.84 bits per heavy atom. The van der Waals surface area contributed by atoms with Crippen molar-refractivity contribution in [3.05, 3.63) is 34.3 Å². The molecular formula is C14H14ClN7OS2. The van der Waals surface area contributed by atoms with Crippen molar-refractivity contribution in [2.75, 3.05) is 11.1 Å². The van der Waals surface area contributed by atoms with Crippen molar-refractivity contribution in [2.45, 2.75) is 24.9 Å². The van der Waals surface area contributed by atoms with E-state index < -0.39 is 0 Å². The highest BCUT2D eigenvalue weighted by atomic mass is 35.5. The molecule has 25 heavy (non-hydrogen) atoms. The monoisotopic (exact) mass is 395 g/mol. The first-order valence-electron chi connectivity index (χ1n) is 7.45. The molecule has 1 aromatic carbocycles. The molecule has 0 fully saturated rings. The van der Waals surface area contributed by atoms with Gasteiger partial charge in [-0.05, 0) is 41.1 Å². The minimum atomic E-state index is -0.185. The summed E-state index contributed by atoms with van der Waals surface area (Å²) < 4.78 is 1.55. The number of tetrazole rings is 1. The van der Waals surface area contributed by atoms with E-state index in [2.05, 4.69) is 38.0 Å². The normalized spacial score (nSPS) is 10.8. The number of anilines is 1. The third-order valence-electron chi connectivity index (χ3n) is 3.02. The number of carbonyl (C=O) groups excluding carboxylic acids is 1. The molecule has 1 N–H and O–H groups in total. The van der Waals surface area contributed by atoms with Crippen LogP contribution in [-0.4, -0.2) is 42.1 Å². The molecule has 0 aliphatic carbocycles. The zero-order chi connectivity index (χ0) is 17.6. The number of rotatable bonds is 7. The van der Waals surface area contributed by atoms with Gasteiger partial charge in [-0.25, -0.2) is 0 Å². The highest BCUT2D eigenvalue weighted by Gasteiger charge is 2.13. The van der Waals surface area contributed by atoms with Gasteiger partial charge in [0.2, 0.25) is 16.2 Å². The Bertz CT molecular complexity index is 849. The molecular weight excluding hydrogens is 382 g/mol. The van der Waals surface area contributed by atoms with Crippen LogP contribution in [0.5, 0.6) is 0 Å². The van der Waals surface area contributed by atoms with Gasteiger partial charge in [0.05, 0.1) is 11.4 Å². The predicted molar refractivity (Wildman–Crippen MR) is 97.4 cm³/mol. The van der Waals surface area contributed by atoms with Crippen molar-refractivity contribution >= 4 is 45.7 Å². The topological polar surface area (TPSA) is 98.5 Å². The highest BCUT2D eigenvalue weighted by Crippen LogP contribution is 2.21. The van der Waals surface area contributed by atoms with Crippen molar-refractivity contribution in [1.82, 2.24) is 30.4 Å². The quantitative estimate of drug-likeness (QED) is 0.614. The molecule has 2 aromatic heterocycles. The fourth-order valence-electron chi connectivity index (χ4n) is 1.92. The second kappa shape index (κ2) is 8.37. The number of aromatic nitrogens is 6. The first-order chi connectivity index (χ1) is 12.2. The van der Waals surface area contributed by atoms with Gasteiger partial charge in [0.25, 0.3) is 0 Å². The zero-order valence-electron chi connectivity index (χ0n) is 13.2. The van der Waals surface area contributed by atoms with Gasteiger partial charge < -0.3 is 0 Å². The standard InChI is InChI=1S/C14H14ClN7OS2/c1-2-3-12-17-18-13(25-12)16-11(23)8-24-14-19-20-21-22(14)10-6-4-9(15)5-7-10/h4-7H,2-3,8H2,1H3,(H,16,18,23). The minimum absolute atomic E-state index is 0.163. The lowest BCUT2D eigenvalue weighted by Gasteiger charge is -2.04. The zero-order valence-corrected chi connectivity index (χ0v) is 15.6. The van der Waals surface area contributed by atoms with E-state index in [1.54, 1.807) is 28.9 Å². The fourth-order valence-corrected chi connectivity index (χ4v) is 3.59. The third kappa shape index (κ3) is 4.74. The molecule has 0 atom stereocenters. The predicted octanol–water partition coefficient (Wildman–Crippen LogP) is 2.85. The van der Waals surface area contributed by atoms with Crippen LogP contribution in [-0.2, 0) is 11.2 Å². The number of halogens is 1. The van der Waals surface area contributed by atoms with Crippen molar-refractivity contribution in [2.24, 2.45) is 0 Å². The van der Waals surface area contributed by atoms with Crippen LogP contribution in [0, 0.1) is 0 Å². The number of carbonyl (C=O) groups is 1. The lowest BCUT2D eigenvalue weighted by atomic mass is 10.3. The van der Waals surface area contributed by atoms with Gasteiger partial charge in [0, 0.05) is 11.4 Å². The summed E-state index contributed by atoms with van der Waals surface area (Å²) in [5.74, 6) is -0.0220. The number of thioether (sulfide) groups is 1. The van der Waals surface area contributed by atoms with Crippen molar-refractivity contribution in [3.63, 3.8) is 0 Å². The minimum Gasteiger partial charge on any atom is -0.300 e. The van der Waals surface area contributed by atoms with E-state index in [9.17, 15) is 4.79 Å². The maximum absolute atomic E-state index is 12.1. The van der Waals surface area contributed by atoms with Gasteiger partial charge in [-0.15, -0.1) is 15.3 Å². The Morgan fingerprint density at radius 2 is 2.08 bits per heavy atom. The van der Waals surface area contributed by atoms with E-state index in [0.29, 0.717) is 15.3 Å². The number of aryl methyl sites for hydroxylation is 1. The van der Waals surface area contributed by atoms with Gasteiger partial charge in [-0.3, -0.25) is 10.1 Å². The van der Waals surface area contributed by atoms with Crippen molar-refractivity contribution < 1.29 is 4.79 Å². The third-order valence-corrected chi connectivity index (χ3v) is 5.09. The van der Waals surface area contributed by atoms with Crippen LogP contribution in [0.1, 0.15) is 18.4 Å². The molecule has 0 bridgehead atoms. The largest absolute Gasteiger partial charge is 0.300 e. The second-order valence-corrected chi connectivity index (χ2v) is 7.38. The van der Waals surface area contributed by atoms with Gasteiger partial charge in [0.15, 0.2) is 0 Å². The Balaban J connectivity index is 1.59. The molecule has 0 saturated carbocycles. The summed E-state index contributed by atoms with van der Waals surface area (Å²) in [5.41, 5.74) is 0.769. The number of hydrogen-bond donors (Lipinski definition) is 1. The van der Waals surface area contributed by atoms with Crippen LogP contribution >= 0.6 is 34.7 Å². The first-order valence-corrected chi connectivity index (χ1v) is 9.63. The molecule has 130 valence electrons. The van der Waals surface area contributed by atoms with Crippen molar-refractivity contribution in [1.29, 1.82) is 0 Å². The number of amides is 1. The second-order valence-electron chi connectivity index (χ2n) is 4.94. The Hall–Kier alpha value is -2.04. The summed E-state index contributed by atoms with van der Waals surface area (Å²) in [5, 5.41) is 24.9. The molecule has 11 heteroatoms. The molecule has 2 heterocycles. The molecule has 3 aromatic rings. The van der Waals surface area contributed by atoms with E-state index >= 15 is 0 Å². The molecule has 0 spiro atoms. The van der Waals surface area contributed by atoms with Gasteiger partial charge in [0.1, 0.15) is 5.01 Å². The first kappa shape index (κ1) is 17.8. The van der Waals surface area contributed by atoms with Gasteiger partial charge in [-0.2, -0.15) is 4.68 Å². The summed E-state index contributed by atoms with van der Waals surface area (Å²) in [6.07, 6.45) is 1.85. The Morgan fingerprint density at radius 1 is 1.28 bits per heavy atom. The SMILES string of the molecule is CCCc1nnc(NC(=O)CSc2nnnn2-c2ccc(Cl)cc2)s1. The summed E-state index contributed by atoms with van der Waals surface area (Å²) in [4.78, 5) is 12.1. The summed E-state index contributed by atoms with van der Waals surface area (Å²) >= 11 is 8.51. The average Bonchev–Trinajstić information content (AvgIpc) is 3.23. The van der Waals surface area contributed by atoms with Gasteiger partial charge in [-0.1, -0.05) is 41.6 Å². The smallest absolute Gasteiger partial charge is 0.236 e. The molecule has 8 nitrogen and oxygen atoms in total. The van der Waals surface area contributed by atoms with E-state index in [1.165, 1.54) is 23.1 Å². The van der Waals surface area contributed by atoms with Crippen LogP contribution < -0.4 is 5.32 Å². The lowest BCUT2D eigenvalue weighted by molar-refractivity contribution is -0.113. The molecule has 0 aliphatic heterocycles. The lowest BCUT2D eigenvalue weighted by Crippen LogP contribution is -2.14. The number of hydrogen-bond acceptors (Lipinski definition) is 8. The van der Waals surface area contributed by atoms with Crippen LogP contribution in [0.15, 0.2) is 29.4 Å². The summed E-state index contributed by atoms with van der Waals surface area (Å²) in [6.45, 7) is 2.07. The summed E-state index contributed by atoms with van der Waals surface area (Å²) in [7, 11) is 0. The molecule has 0 saturated heterocycles. The van der Waals surface area contributed by atoms with Gasteiger partial charge >= 0.3 is 0 Å². The molecule has 0 radical (unpaired) electrons. The number of nitrogens with zero attached hydrogens (tertiary/aromatic N) is 6. The Kier molecular flexibility index (Phi) is 5.95. The average molecular weight is 396 g/mol. The molecule has 3 rings (SSSR count). The van der Waals surface area contributed by atoms with Crippen LogP contribution in [0.2, 0.25) is 5.02 Å². The van der Waals surface area contributed by atoms with Crippen LogP contribution in [0.3, 0.4) is 0 Å². The fraction of sp³-hybridized carbons (Fsp3) is 0.286. The van der Waals surface area contributed by atoms with E-state index in [-0.39, 0.29) is 11.7 Å². The van der Waals surface area contributed by atoms with Crippen molar-refractivity contribution in [3.8, 4) is 5.69 Å². The van der Waals surface area contributed by atoms with Crippen LogP contribution in [0.4, 0.5) is 5.13 Å².